The number of carbonyl (C=O) groups excluding carboxylic acids is 1. The first-order valence-electron chi connectivity index (χ1n) is 3.50. The van der Waals surface area contributed by atoms with Crippen LogP contribution < -0.4 is 20.8 Å². The van der Waals surface area contributed by atoms with Gasteiger partial charge in [0.15, 0.2) is 0 Å². The summed E-state index contributed by atoms with van der Waals surface area (Å²) in [7, 11) is 0. The van der Waals surface area contributed by atoms with Crippen LogP contribution in [-0.2, 0) is 0 Å². The summed E-state index contributed by atoms with van der Waals surface area (Å²) in [6, 6.07) is 0. The highest BCUT2D eigenvalue weighted by molar-refractivity contribution is 5.64. The van der Waals surface area contributed by atoms with Gasteiger partial charge in [0.05, 0.1) is 5.56 Å². The van der Waals surface area contributed by atoms with Crippen molar-refractivity contribution in [3.05, 3.63) is 26.4 Å². The largest absolute Gasteiger partial charge is 0.541 e. The molecule has 8 heteroatoms. The van der Waals surface area contributed by atoms with Crippen LogP contribution in [-0.4, -0.2) is 20.8 Å². The summed E-state index contributed by atoms with van der Waals surface area (Å²) >= 11 is 0. The molecule has 0 radical (unpaired) electrons. The zero-order valence-electron chi connectivity index (χ0n) is 6.88. The molecule has 0 spiro atoms. The third-order valence-corrected chi connectivity index (χ3v) is 1.72. The zero-order valence-corrected chi connectivity index (χ0v) is 6.88. The summed E-state index contributed by atoms with van der Waals surface area (Å²) in [5, 5.41) is 9.13. The van der Waals surface area contributed by atoms with Crippen molar-refractivity contribution in [1.82, 2.24) is 9.46 Å². The summed E-state index contributed by atoms with van der Waals surface area (Å²) in [4.78, 5) is 37.3. The van der Waals surface area contributed by atoms with Gasteiger partial charge >= 0.3 is 11.8 Å². The van der Waals surface area contributed by atoms with E-state index in [-0.39, 0.29) is 15.0 Å². The normalized spacial score (nSPS) is 13.4. The Morgan fingerprint density at radius 1 is 1.29 bits per heavy atom. The Hall–Kier alpha value is -2.25. The van der Waals surface area contributed by atoms with Crippen molar-refractivity contribution in [2.24, 2.45) is 0 Å². The fraction of sp³-hybridized carbons (Fsp3) is 0.167. The fourth-order valence-corrected chi connectivity index (χ4v) is 1.03. The number of carbonyl (C=O) groups is 1. The number of hydrogen-bond donors (Lipinski definition) is 1. The fourth-order valence-electron chi connectivity index (χ4n) is 1.03. The number of ether oxygens (including phenoxy) is 1. The van der Waals surface area contributed by atoms with Crippen LogP contribution in [0.15, 0.2) is 9.59 Å². The van der Waals surface area contributed by atoms with Gasteiger partial charge in [0.2, 0.25) is 0 Å². The molecule has 3 heterocycles. The third kappa shape index (κ3) is 0.843. The van der Waals surface area contributed by atoms with E-state index in [1.807, 2.05) is 0 Å². The SMILES string of the molecule is Cc1c2n(O)c(=O)n(c1=O)OC(=O)O2. The van der Waals surface area contributed by atoms with E-state index in [0.717, 1.165) is 0 Å². The number of hydrogen-bond acceptors (Lipinski definition) is 6. The van der Waals surface area contributed by atoms with Crippen molar-refractivity contribution >= 4 is 6.16 Å². The van der Waals surface area contributed by atoms with E-state index in [4.69, 9.17) is 5.21 Å². The van der Waals surface area contributed by atoms with Crippen molar-refractivity contribution in [3.8, 4) is 5.88 Å². The van der Waals surface area contributed by atoms with Gasteiger partial charge in [-0.1, -0.05) is 9.46 Å². The lowest BCUT2D eigenvalue weighted by Gasteiger charge is -2.01. The molecule has 2 bridgehead atoms. The Bertz CT molecular complexity index is 501. The molecule has 0 saturated carbocycles. The molecule has 0 aliphatic carbocycles. The summed E-state index contributed by atoms with van der Waals surface area (Å²) in [6.45, 7) is 1.28. The van der Waals surface area contributed by atoms with Crippen molar-refractivity contribution in [1.29, 1.82) is 0 Å². The molecule has 1 aromatic rings. The highest BCUT2D eigenvalue weighted by Gasteiger charge is 2.27. The Morgan fingerprint density at radius 2 is 1.93 bits per heavy atom. The Kier molecular flexibility index (Phi) is 1.42. The Balaban J connectivity index is 2.99. The lowest BCUT2D eigenvalue weighted by Crippen LogP contribution is -2.42. The van der Waals surface area contributed by atoms with E-state index in [2.05, 4.69) is 9.57 Å². The summed E-state index contributed by atoms with van der Waals surface area (Å²) < 4.78 is 4.53. The monoisotopic (exact) mass is 200 g/mol. The zero-order chi connectivity index (χ0) is 10.5. The van der Waals surface area contributed by atoms with Crippen LogP contribution in [0, 0.1) is 6.92 Å². The third-order valence-electron chi connectivity index (χ3n) is 1.72. The molecular formula is C6H4N2O6. The van der Waals surface area contributed by atoms with Crippen molar-refractivity contribution < 1.29 is 19.6 Å². The van der Waals surface area contributed by atoms with E-state index < -0.39 is 23.3 Å². The van der Waals surface area contributed by atoms with E-state index in [9.17, 15) is 14.4 Å². The van der Waals surface area contributed by atoms with Crippen LogP contribution in [0.5, 0.6) is 5.88 Å². The molecule has 1 aromatic heterocycles. The second-order valence-electron chi connectivity index (χ2n) is 2.57. The summed E-state index contributed by atoms with van der Waals surface area (Å²) in [6.07, 6.45) is -1.25. The molecule has 14 heavy (non-hydrogen) atoms. The van der Waals surface area contributed by atoms with Gasteiger partial charge in [-0.2, -0.15) is 0 Å². The van der Waals surface area contributed by atoms with Crippen LogP contribution in [0.2, 0.25) is 0 Å². The van der Waals surface area contributed by atoms with Crippen molar-refractivity contribution in [2.75, 3.05) is 0 Å². The first-order valence-corrected chi connectivity index (χ1v) is 3.50. The molecule has 0 saturated heterocycles. The van der Waals surface area contributed by atoms with E-state index in [0.29, 0.717) is 0 Å². The highest BCUT2D eigenvalue weighted by Crippen LogP contribution is 2.11. The van der Waals surface area contributed by atoms with E-state index in [1.165, 1.54) is 6.92 Å². The van der Waals surface area contributed by atoms with Gasteiger partial charge in [-0.3, -0.25) is 9.63 Å². The molecule has 8 nitrogen and oxygen atoms in total. The molecule has 0 fully saturated rings. The molecule has 1 N–H and O–H groups in total. The second-order valence-corrected chi connectivity index (χ2v) is 2.57. The summed E-state index contributed by atoms with van der Waals surface area (Å²) in [5.74, 6) is -0.529. The maximum Gasteiger partial charge on any atom is 0.541 e. The van der Waals surface area contributed by atoms with E-state index in [1.54, 1.807) is 0 Å². The summed E-state index contributed by atoms with van der Waals surface area (Å²) in [5.41, 5.74) is -2.14. The lowest BCUT2D eigenvalue weighted by molar-refractivity contribution is 0.0892. The van der Waals surface area contributed by atoms with Gasteiger partial charge in [-0.15, -0.1) is 0 Å². The molecule has 2 aliphatic heterocycles. The highest BCUT2D eigenvalue weighted by atomic mass is 16.8. The molecule has 74 valence electrons. The quantitative estimate of drug-likeness (QED) is 0.404. The van der Waals surface area contributed by atoms with Gasteiger partial charge in [0.1, 0.15) is 0 Å². The van der Waals surface area contributed by atoms with Gasteiger partial charge in [0, 0.05) is 0 Å². The maximum atomic E-state index is 11.3. The lowest BCUT2D eigenvalue weighted by atomic mass is 10.4. The Labute approximate surface area is 75.4 Å². The van der Waals surface area contributed by atoms with Gasteiger partial charge in [-0.05, 0) is 6.92 Å². The second kappa shape index (κ2) is 2.37. The molecule has 0 amide bonds. The first kappa shape index (κ1) is 8.35. The van der Waals surface area contributed by atoms with Crippen LogP contribution in [0.1, 0.15) is 5.56 Å². The van der Waals surface area contributed by atoms with Gasteiger partial charge in [0.25, 0.3) is 11.4 Å². The van der Waals surface area contributed by atoms with Crippen molar-refractivity contribution in [3.63, 3.8) is 0 Å². The van der Waals surface area contributed by atoms with Gasteiger partial charge in [-0.25, -0.2) is 9.59 Å². The average molecular weight is 200 g/mol. The van der Waals surface area contributed by atoms with Crippen LogP contribution in [0.25, 0.3) is 0 Å². The van der Waals surface area contributed by atoms with Crippen LogP contribution >= 0.6 is 0 Å². The molecule has 3 rings (SSSR count). The first-order chi connectivity index (χ1) is 6.52. The predicted octanol–water partition coefficient (Wildman–Crippen LogP) is -1.50. The minimum absolute atomic E-state index is 0.0294. The van der Waals surface area contributed by atoms with Crippen LogP contribution in [0.3, 0.4) is 0 Å². The number of rotatable bonds is 0. The average Bonchev–Trinajstić information content (AvgIpc) is 2.32. The minimum atomic E-state index is -1.25. The van der Waals surface area contributed by atoms with Gasteiger partial charge < -0.3 is 9.94 Å². The smallest absolute Gasteiger partial charge is 0.421 e. The topological polar surface area (TPSA) is 99.8 Å². The standard InChI is InChI=1S/C6H4N2O6/c1-2-3(9)8-5(10)7(12)4(2)13-6(11)14-8/h12H,1H3. The molecule has 0 aromatic carbocycles. The van der Waals surface area contributed by atoms with Crippen LogP contribution in [0.4, 0.5) is 4.79 Å². The van der Waals surface area contributed by atoms with Crippen molar-refractivity contribution in [2.45, 2.75) is 6.92 Å². The molecule has 0 atom stereocenters. The maximum absolute atomic E-state index is 11.3. The van der Waals surface area contributed by atoms with E-state index >= 15 is 0 Å². The number of nitrogens with zero attached hydrogens (tertiary/aromatic N) is 2. The number of fused-ring (bicyclic) bond motifs is 4. The minimum Gasteiger partial charge on any atom is -0.421 e. The molecular weight excluding hydrogens is 196 g/mol. The molecule has 2 aliphatic rings. The number of aromatic nitrogens is 2. The molecule has 0 unspecified atom stereocenters. The Morgan fingerprint density at radius 3 is 2.57 bits per heavy atom. The predicted molar refractivity (Wildman–Crippen MR) is 39.5 cm³/mol.